The molecule has 0 radical (unpaired) electrons. The third kappa shape index (κ3) is 4.68. The van der Waals surface area contributed by atoms with Gasteiger partial charge < -0.3 is 10.2 Å². The molecule has 0 fully saturated rings. The zero-order chi connectivity index (χ0) is 25.6. The number of carbonyl (C=O) groups is 1. The summed E-state index contributed by atoms with van der Waals surface area (Å²) in [7, 11) is 0. The number of hydrogen-bond donors (Lipinski definition) is 3. The SMILES string of the molecule is Cc1oc(C2(C)CSC(C3(C)CSC(C4(N)CSC(/C=C/c5ccccc5)=N4)=N3)=N2)nc1C(=O)NN. The number of hydrazine groups is 1. The first-order chi connectivity index (χ1) is 17.1. The summed E-state index contributed by atoms with van der Waals surface area (Å²) in [5.74, 6) is 7.57. The molecule has 1 aromatic heterocycles. The lowest BCUT2D eigenvalue weighted by Crippen LogP contribution is -2.45. The van der Waals surface area contributed by atoms with E-state index in [-0.39, 0.29) is 5.69 Å². The van der Waals surface area contributed by atoms with E-state index in [2.05, 4.69) is 29.5 Å². The molecule has 3 atom stereocenters. The minimum atomic E-state index is -0.846. The second-order valence-electron chi connectivity index (χ2n) is 9.26. The molecule has 9 nitrogen and oxygen atoms in total. The van der Waals surface area contributed by atoms with Crippen molar-refractivity contribution in [1.82, 2.24) is 10.4 Å². The van der Waals surface area contributed by atoms with E-state index in [0.717, 1.165) is 26.4 Å². The van der Waals surface area contributed by atoms with Crippen molar-refractivity contribution in [2.24, 2.45) is 26.6 Å². The number of nitrogen functional groups attached to an aromatic ring is 1. The van der Waals surface area contributed by atoms with Crippen LogP contribution in [0, 0.1) is 6.92 Å². The van der Waals surface area contributed by atoms with Crippen LogP contribution in [0.15, 0.2) is 55.8 Å². The van der Waals surface area contributed by atoms with Gasteiger partial charge in [0.2, 0.25) is 5.89 Å². The monoisotopic (exact) mass is 541 g/mol. The number of aryl methyl sites for hydroxylation is 1. The fourth-order valence-electron chi connectivity index (χ4n) is 3.99. The molecule has 12 heteroatoms. The van der Waals surface area contributed by atoms with E-state index in [0.29, 0.717) is 23.2 Å². The van der Waals surface area contributed by atoms with E-state index in [1.54, 1.807) is 42.2 Å². The summed E-state index contributed by atoms with van der Waals surface area (Å²) in [5.41, 5.74) is 8.05. The van der Waals surface area contributed by atoms with E-state index >= 15 is 0 Å². The molecule has 3 aliphatic heterocycles. The maximum absolute atomic E-state index is 12.0. The molecule has 0 saturated heterocycles. The number of amides is 1. The van der Waals surface area contributed by atoms with Gasteiger partial charge in [0, 0.05) is 17.3 Å². The first kappa shape index (κ1) is 25.3. The van der Waals surface area contributed by atoms with E-state index in [1.807, 2.05) is 37.3 Å². The van der Waals surface area contributed by atoms with Crippen molar-refractivity contribution in [3.8, 4) is 0 Å². The van der Waals surface area contributed by atoms with Crippen molar-refractivity contribution in [1.29, 1.82) is 0 Å². The Morgan fingerprint density at radius 1 is 1.00 bits per heavy atom. The average molecular weight is 542 g/mol. The molecule has 0 bridgehead atoms. The van der Waals surface area contributed by atoms with Crippen LogP contribution in [0.4, 0.5) is 0 Å². The largest absolute Gasteiger partial charge is 0.442 e. The van der Waals surface area contributed by atoms with Gasteiger partial charge in [0.05, 0.1) is 10.1 Å². The maximum Gasteiger partial charge on any atom is 0.287 e. The number of benzene rings is 1. The third-order valence-electron chi connectivity index (χ3n) is 6.08. The highest BCUT2D eigenvalue weighted by atomic mass is 32.2. The number of carbonyl (C=O) groups excluding carboxylic acids is 1. The topological polar surface area (TPSA) is 144 Å². The van der Waals surface area contributed by atoms with Gasteiger partial charge in [0.1, 0.15) is 21.9 Å². The highest BCUT2D eigenvalue weighted by molar-refractivity contribution is 8.17. The van der Waals surface area contributed by atoms with Crippen molar-refractivity contribution in [3.05, 3.63) is 59.3 Å². The first-order valence-electron chi connectivity index (χ1n) is 11.3. The number of nitrogens with two attached hydrogens (primary N) is 2. The van der Waals surface area contributed by atoms with Gasteiger partial charge in [0.25, 0.3) is 5.91 Å². The Kier molecular flexibility index (Phi) is 6.66. The molecule has 0 saturated carbocycles. The summed E-state index contributed by atoms with van der Waals surface area (Å²) in [6.07, 6.45) is 4.05. The summed E-state index contributed by atoms with van der Waals surface area (Å²) in [4.78, 5) is 31.2. The van der Waals surface area contributed by atoms with Crippen LogP contribution < -0.4 is 17.0 Å². The van der Waals surface area contributed by atoms with Gasteiger partial charge in [-0.2, -0.15) is 0 Å². The maximum atomic E-state index is 12.0. The molecule has 188 valence electrons. The Morgan fingerprint density at radius 2 is 1.69 bits per heavy atom. The number of hydrogen-bond acceptors (Lipinski definition) is 11. The lowest BCUT2D eigenvalue weighted by Gasteiger charge is -2.20. The van der Waals surface area contributed by atoms with Crippen molar-refractivity contribution < 1.29 is 9.21 Å². The summed E-state index contributed by atoms with van der Waals surface area (Å²) in [5, 5.41) is 2.62. The quantitative estimate of drug-likeness (QED) is 0.287. The second-order valence-corrected chi connectivity index (χ2v) is 12.2. The lowest BCUT2D eigenvalue weighted by molar-refractivity contribution is 0.0947. The summed E-state index contributed by atoms with van der Waals surface area (Å²) in [6.45, 7) is 5.71. The Hall–Kier alpha value is -2.38. The predicted molar refractivity (Wildman–Crippen MR) is 151 cm³/mol. The van der Waals surface area contributed by atoms with Crippen LogP contribution >= 0.6 is 35.3 Å². The molecule has 0 spiro atoms. The summed E-state index contributed by atoms with van der Waals surface area (Å²) < 4.78 is 5.82. The van der Waals surface area contributed by atoms with Crippen molar-refractivity contribution in [2.75, 3.05) is 17.3 Å². The zero-order valence-electron chi connectivity index (χ0n) is 20.1. The van der Waals surface area contributed by atoms with E-state index in [9.17, 15) is 4.79 Å². The van der Waals surface area contributed by atoms with Crippen molar-refractivity contribution in [3.63, 3.8) is 0 Å². The zero-order valence-corrected chi connectivity index (χ0v) is 22.6. The molecule has 3 unspecified atom stereocenters. The minimum absolute atomic E-state index is 0.170. The molecule has 5 N–H and O–H groups in total. The summed E-state index contributed by atoms with van der Waals surface area (Å²) >= 11 is 4.91. The normalized spacial score (nSPS) is 30.0. The van der Waals surface area contributed by atoms with Crippen molar-refractivity contribution in [2.45, 2.75) is 37.5 Å². The van der Waals surface area contributed by atoms with Gasteiger partial charge in [-0.15, -0.1) is 35.3 Å². The van der Waals surface area contributed by atoms with Gasteiger partial charge in [-0.05, 0) is 32.4 Å². The number of nitrogens with one attached hydrogen (secondary N) is 1. The Balaban J connectivity index is 1.36. The van der Waals surface area contributed by atoms with Gasteiger partial charge in [-0.3, -0.25) is 20.2 Å². The van der Waals surface area contributed by atoms with E-state index < -0.39 is 22.6 Å². The summed E-state index contributed by atoms with van der Waals surface area (Å²) in [6, 6.07) is 10.1. The van der Waals surface area contributed by atoms with Crippen LogP contribution in [0.25, 0.3) is 6.08 Å². The standard InChI is InChI=1S/C24H27N7O2S3/c1-14-17(18(32)31-26)27-19(33-14)22(2)11-35-20(29-22)23(3)12-36-21(30-23)24(25)13-34-16(28-24)10-9-15-7-5-4-6-8-15/h4-10H,11-13,25-26H2,1-3H3,(H,31,32)/b10-9+. The van der Waals surface area contributed by atoms with Gasteiger partial charge in [-0.1, -0.05) is 36.4 Å². The fourth-order valence-corrected chi connectivity index (χ4v) is 7.69. The van der Waals surface area contributed by atoms with Gasteiger partial charge in [-0.25, -0.2) is 15.8 Å². The minimum Gasteiger partial charge on any atom is -0.442 e. The number of rotatable bonds is 6. The highest BCUT2D eigenvalue weighted by Crippen LogP contribution is 2.45. The molecule has 4 heterocycles. The molecule has 1 amide bonds. The molecule has 0 aliphatic carbocycles. The smallest absolute Gasteiger partial charge is 0.287 e. The number of aromatic nitrogens is 1. The second kappa shape index (κ2) is 9.49. The number of oxazole rings is 1. The molecule has 5 rings (SSSR count). The van der Waals surface area contributed by atoms with Crippen LogP contribution in [0.2, 0.25) is 0 Å². The number of nitrogens with zero attached hydrogens (tertiary/aromatic N) is 4. The predicted octanol–water partition coefficient (Wildman–Crippen LogP) is 3.36. The third-order valence-corrected chi connectivity index (χ3v) is 10.1. The van der Waals surface area contributed by atoms with Crippen LogP contribution in [0.1, 0.15) is 41.6 Å². The Bertz CT molecular complexity index is 1320. The molecular formula is C24H27N7O2S3. The van der Waals surface area contributed by atoms with Crippen LogP contribution in [-0.2, 0) is 5.54 Å². The molecular weight excluding hydrogens is 515 g/mol. The number of thioether (sulfide) groups is 3. The van der Waals surface area contributed by atoms with Gasteiger partial charge >= 0.3 is 0 Å². The van der Waals surface area contributed by atoms with Crippen LogP contribution in [0.5, 0.6) is 0 Å². The van der Waals surface area contributed by atoms with E-state index in [4.69, 9.17) is 31.0 Å². The molecule has 3 aliphatic rings. The van der Waals surface area contributed by atoms with Crippen LogP contribution in [0.3, 0.4) is 0 Å². The Morgan fingerprint density at radius 3 is 2.44 bits per heavy atom. The lowest BCUT2D eigenvalue weighted by atomic mass is 10.0. The number of aliphatic imine (C=N–C) groups is 3. The van der Waals surface area contributed by atoms with Gasteiger partial charge in [0.15, 0.2) is 11.4 Å². The fraction of sp³-hybridized carbons (Fsp3) is 0.375. The average Bonchev–Trinajstić information content (AvgIpc) is 3.65. The highest BCUT2D eigenvalue weighted by Gasteiger charge is 2.49. The molecule has 1 aromatic carbocycles. The van der Waals surface area contributed by atoms with E-state index in [1.165, 1.54) is 0 Å². The van der Waals surface area contributed by atoms with Crippen molar-refractivity contribution >= 4 is 62.4 Å². The molecule has 36 heavy (non-hydrogen) atoms. The Labute approximate surface area is 222 Å². The first-order valence-corrected chi connectivity index (χ1v) is 14.3. The van der Waals surface area contributed by atoms with Crippen LogP contribution in [-0.4, -0.2) is 54.5 Å². The molecule has 2 aromatic rings.